The third-order valence-corrected chi connectivity index (χ3v) is 7.14. The minimum absolute atomic E-state index is 0.0428. The highest BCUT2D eigenvalue weighted by Crippen LogP contribution is 2.71. The summed E-state index contributed by atoms with van der Waals surface area (Å²) in [5.41, 5.74) is 0.481. The van der Waals surface area contributed by atoms with E-state index in [0.717, 1.165) is 30.8 Å². The summed E-state index contributed by atoms with van der Waals surface area (Å²) in [4.78, 5) is 25.3. The van der Waals surface area contributed by atoms with Gasteiger partial charge in [-0.05, 0) is 55.4 Å². The Morgan fingerprint density at radius 2 is 1.94 bits per heavy atom. The number of halogens is 3. The summed E-state index contributed by atoms with van der Waals surface area (Å²) < 4.78 is 38.5. The molecule has 3 aliphatic rings. The molecule has 1 N–H and O–H groups in total. The van der Waals surface area contributed by atoms with Crippen molar-refractivity contribution in [2.45, 2.75) is 38.0 Å². The molecule has 0 radical (unpaired) electrons. The second-order valence-electron chi connectivity index (χ2n) is 9.06. The third kappa shape index (κ3) is 3.09. The number of aryl methyl sites for hydroxylation is 1. The molecule has 6 rings (SSSR count). The van der Waals surface area contributed by atoms with Crippen LogP contribution in [-0.4, -0.2) is 54.4 Å². The molecule has 2 saturated carbocycles. The molecular formula is C22H20F3N7O. The number of carbonyl (C=O) groups is 1. The van der Waals surface area contributed by atoms with Gasteiger partial charge < -0.3 is 10.2 Å². The van der Waals surface area contributed by atoms with Crippen LogP contribution in [0.15, 0.2) is 42.9 Å². The number of nitrogens with one attached hydrogen (secondary N) is 1. The molecule has 170 valence electrons. The maximum Gasteiger partial charge on any atom is 0.417 e. The molecule has 1 spiro atoms. The van der Waals surface area contributed by atoms with Crippen molar-refractivity contribution in [3.05, 3.63) is 59.7 Å². The van der Waals surface area contributed by atoms with Gasteiger partial charge in [0.05, 0.1) is 29.6 Å². The predicted octanol–water partition coefficient (Wildman–Crippen LogP) is 3.10. The van der Waals surface area contributed by atoms with E-state index in [4.69, 9.17) is 0 Å². The molecule has 33 heavy (non-hydrogen) atoms. The van der Waals surface area contributed by atoms with Gasteiger partial charge in [0.25, 0.3) is 5.91 Å². The van der Waals surface area contributed by atoms with E-state index in [1.807, 2.05) is 11.8 Å². The predicted molar refractivity (Wildman–Crippen MR) is 111 cm³/mol. The van der Waals surface area contributed by atoms with Crippen LogP contribution in [0.3, 0.4) is 0 Å². The lowest BCUT2D eigenvalue weighted by Crippen LogP contribution is -2.60. The van der Waals surface area contributed by atoms with Gasteiger partial charge in [0, 0.05) is 24.5 Å². The summed E-state index contributed by atoms with van der Waals surface area (Å²) >= 11 is 0. The van der Waals surface area contributed by atoms with E-state index < -0.39 is 11.7 Å². The lowest BCUT2D eigenvalue weighted by atomic mass is 9.71. The standard InChI is InChI=1S/C22H20F3N7O/c1-12-2-4-15(19(29-12)32-27-6-7-28-32)20(33)31-11-14-8-21(14)9-16(18(21)31)30-17-5-3-13(10-26-17)22(23,24)25/h2-7,10,14,16,18H,8-9,11H2,1H3,(H,26,30). The van der Waals surface area contributed by atoms with Crippen LogP contribution in [0.4, 0.5) is 19.0 Å². The monoisotopic (exact) mass is 455 g/mol. The largest absolute Gasteiger partial charge is 0.417 e. The smallest absolute Gasteiger partial charge is 0.365 e. The van der Waals surface area contributed by atoms with Gasteiger partial charge >= 0.3 is 6.18 Å². The average molecular weight is 455 g/mol. The number of alkyl halides is 3. The van der Waals surface area contributed by atoms with Crippen LogP contribution in [0.5, 0.6) is 0 Å². The number of amides is 1. The minimum Gasteiger partial charge on any atom is -0.365 e. The maximum absolute atomic E-state index is 13.6. The van der Waals surface area contributed by atoms with Gasteiger partial charge in [-0.2, -0.15) is 23.4 Å². The molecular weight excluding hydrogens is 435 g/mol. The van der Waals surface area contributed by atoms with Crippen molar-refractivity contribution < 1.29 is 18.0 Å². The molecule has 4 atom stereocenters. The molecule has 0 bridgehead atoms. The van der Waals surface area contributed by atoms with Gasteiger partial charge in [-0.3, -0.25) is 4.79 Å². The van der Waals surface area contributed by atoms with Crippen molar-refractivity contribution in [2.24, 2.45) is 11.3 Å². The van der Waals surface area contributed by atoms with Crippen molar-refractivity contribution in [3.63, 3.8) is 0 Å². The highest BCUT2D eigenvalue weighted by atomic mass is 19.4. The summed E-state index contributed by atoms with van der Waals surface area (Å²) in [5.74, 6) is 1.07. The van der Waals surface area contributed by atoms with Gasteiger partial charge in [-0.1, -0.05) is 0 Å². The van der Waals surface area contributed by atoms with Crippen molar-refractivity contribution in [1.82, 2.24) is 29.9 Å². The van der Waals surface area contributed by atoms with Crippen LogP contribution in [0.2, 0.25) is 0 Å². The van der Waals surface area contributed by atoms with Gasteiger partial charge in [-0.15, -0.1) is 4.80 Å². The highest BCUT2D eigenvalue weighted by molar-refractivity contribution is 5.98. The quantitative estimate of drug-likeness (QED) is 0.651. The fourth-order valence-electron chi connectivity index (χ4n) is 5.54. The van der Waals surface area contributed by atoms with E-state index >= 15 is 0 Å². The molecule has 4 heterocycles. The number of rotatable bonds is 4. The number of carbonyl (C=O) groups excluding carboxylic acids is 1. The van der Waals surface area contributed by atoms with E-state index in [0.29, 0.717) is 29.7 Å². The molecule has 11 heteroatoms. The molecule has 0 aromatic carbocycles. The van der Waals surface area contributed by atoms with E-state index in [1.165, 1.54) is 23.3 Å². The first kappa shape index (κ1) is 20.1. The Bertz CT molecular complexity index is 1230. The lowest BCUT2D eigenvalue weighted by molar-refractivity contribution is -0.137. The fourth-order valence-corrected chi connectivity index (χ4v) is 5.54. The Balaban J connectivity index is 1.25. The lowest BCUT2D eigenvalue weighted by Gasteiger charge is -2.48. The van der Waals surface area contributed by atoms with Gasteiger partial charge in [0.1, 0.15) is 5.82 Å². The Hall–Kier alpha value is -3.50. The van der Waals surface area contributed by atoms with Crippen molar-refractivity contribution >= 4 is 11.7 Å². The number of piperidine rings is 1. The van der Waals surface area contributed by atoms with Crippen LogP contribution in [0.1, 0.15) is 34.5 Å². The molecule has 8 nitrogen and oxygen atoms in total. The normalized spacial score (nSPS) is 27.5. The zero-order chi connectivity index (χ0) is 23.0. The van der Waals surface area contributed by atoms with Crippen LogP contribution in [-0.2, 0) is 6.18 Å². The number of likely N-dealkylation sites (tertiary alicyclic amines) is 1. The van der Waals surface area contributed by atoms with Crippen LogP contribution < -0.4 is 5.32 Å². The van der Waals surface area contributed by atoms with E-state index in [9.17, 15) is 18.0 Å². The van der Waals surface area contributed by atoms with Crippen LogP contribution >= 0.6 is 0 Å². The molecule has 3 aromatic rings. The first-order chi connectivity index (χ1) is 15.8. The summed E-state index contributed by atoms with van der Waals surface area (Å²) in [7, 11) is 0. The zero-order valence-corrected chi connectivity index (χ0v) is 17.6. The SMILES string of the molecule is Cc1ccc(C(=O)N2CC3CC34CC(Nc3ccc(C(F)(F)F)cn3)C24)c(-n2nccn2)n1. The molecule has 1 saturated heterocycles. The Morgan fingerprint density at radius 1 is 1.15 bits per heavy atom. The van der Waals surface area contributed by atoms with Crippen molar-refractivity contribution in [3.8, 4) is 5.82 Å². The fraction of sp³-hybridized carbons (Fsp3) is 0.409. The van der Waals surface area contributed by atoms with Crippen molar-refractivity contribution in [2.75, 3.05) is 11.9 Å². The minimum atomic E-state index is -4.43. The number of anilines is 1. The molecule has 3 fully saturated rings. The molecule has 1 aliphatic heterocycles. The van der Waals surface area contributed by atoms with Gasteiger partial charge in [0.15, 0.2) is 5.82 Å². The maximum atomic E-state index is 13.6. The van der Waals surface area contributed by atoms with Crippen LogP contribution in [0.25, 0.3) is 5.82 Å². The molecule has 1 amide bonds. The first-order valence-corrected chi connectivity index (χ1v) is 10.7. The first-order valence-electron chi connectivity index (χ1n) is 10.7. The van der Waals surface area contributed by atoms with Gasteiger partial charge in [0.2, 0.25) is 0 Å². The van der Waals surface area contributed by atoms with Crippen molar-refractivity contribution in [1.29, 1.82) is 0 Å². The van der Waals surface area contributed by atoms with E-state index in [-0.39, 0.29) is 23.4 Å². The zero-order valence-electron chi connectivity index (χ0n) is 17.6. The Labute approximate surface area is 186 Å². The Morgan fingerprint density at radius 3 is 2.64 bits per heavy atom. The average Bonchev–Trinajstić information content (AvgIpc) is 3.14. The molecule has 3 aromatic heterocycles. The van der Waals surface area contributed by atoms with E-state index in [2.05, 4.69) is 25.5 Å². The van der Waals surface area contributed by atoms with Gasteiger partial charge in [-0.25, -0.2) is 9.97 Å². The second-order valence-corrected chi connectivity index (χ2v) is 9.06. The topological polar surface area (TPSA) is 88.8 Å². The molecule has 4 unspecified atom stereocenters. The number of hydrogen-bond donors (Lipinski definition) is 1. The highest BCUT2D eigenvalue weighted by Gasteiger charge is 2.75. The summed E-state index contributed by atoms with van der Waals surface area (Å²) in [6.45, 7) is 2.49. The second kappa shape index (κ2) is 6.75. The third-order valence-electron chi connectivity index (χ3n) is 7.14. The van der Waals surface area contributed by atoms with Crippen LogP contribution in [0, 0.1) is 18.3 Å². The van der Waals surface area contributed by atoms with E-state index in [1.54, 1.807) is 12.1 Å². The number of pyridine rings is 2. The number of aromatic nitrogens is 5. The number of nitrogens with zero attached hydrogens (tertiary/aromatic N) is 6. The summed E-state index contributed by atoms with van der Waals surface area (Å²) in [6, 6.07) is 5.77. The summed E-state index contributed by atoms with van der Waals surface area (Å²) in [5, 5.41) is 11.5. The summed E-state index contributed by atoms with van der Waals surface area (Å²) in [6.07, 6.45) is 1.40. The Kier molecular flexibility index (Phi) is 4.12. The number of hydrogen-bond acceptors (Lipinski definition) is 6. The molecule has 2 aliphatic carbocycles.